The number of alkyl halides is 3. The molecule has 10 heteroatoms. The Labute approximate surface area is 160 Å². The first-order valence-electron chi connectivity index (χ1n) is 7.87. The maximum atomic E-state index is 12.3. The molecule has 0 heterocycles. The lowest BCUT2D eigenvalue weighted by atomic mass is 10.1. The maximum absolute atomic E-state index is 12.3. The molecule has 148 valence electrons. The van der Waals surface area contributed by atoms with Gasteiger partial charge in [-0.25, -0.2) is 13.1 Å². The van der Waals surface area contributed by atoms with Crippen molar-refractivity contribution in [3.63, 3.8) is 0 Å². The molecule has 0 unspecified atom stereocenters. The van der Waals surface area contributed by atoms with Gasteiger partial charge in [-0.3, -0.25) is 0 Å². The summed E-state index contributed by atoms with van der Waals surface area (Å²) in [4.78, 5) is -0.173. The third kappa shape index (κ3) is 6.60. The monoisotopic (exact) mass is 423 g/mol. The Bertz CT molecular complexity index is 871. The molecule has 0 aliphatic carbocycles. The van der Waals surface area contributed by atoms with Crippen LogP contribution in [-0.2, 0) is 16.4 Å². The predicted molar refractivity (Wildman–Crippen MR) is 94.6 cm³/mol. The summed E-state index contributed by atoms with van der Waals surface area (Å²) in [5, 5.41) is 0.497. The molecule has 0 amide bonds. The highest BCUT2D eigenvalue weighted by atomic mass is 35.5. The first-order chi connectivity index (χ1) is 12.6. The standard InChI is InChI=1S/C17H17ClF3NO4S/c1-2-25-16-8-3-13(18)11-12(16)9-10-22-27(23,24)15-6-4-14(5-7-15)26-17(19,20)21/h3-8,11,22H,2,9-10H2,1H3. The Morgan fingerprint density at radius 1 is 1.11 bits per heavy atom. The van der Waals surface area contributed by atoms with Crippen LogP contribution >= 0.6 is 11.6 Å². The molecule has 0 saturated heterocycles. The highest BCUT2D eigenvalue weighted by Crippen LogP contribution is 2.25. The second-order valence-electron chi connectivity index (χ2n) is 5.35. The lowest BCUT2D eigenvalue weighted by Crippen LogP contribution is -2.26. The number of nitrogens with one attached hydrogen (secondary N) is 1. The van der Waals surface area contributed by atoms with Crippen LogP contribution in [0.15, 0.2) is 47.4 Å². The first-order valence-corrected chi connectivity index (χ1v) is 9.73. The summed E-state index contributed by atoms with van der Waals surface area (Å²) >= 11 is 5.96. The average molecular weight is 424 g/mol. The smallest absolute Gasteiger partial charge is 0.494 e. The van der Waals surface area contributed by atoms with Gasteiger partial charge in [0.2, 0.25) is 10.0 Å². The van der Waals surface area contributed by atoms with Crippen LogP contribution in [0.1, 0.15) is 12.5 Å². The van der Waals surface area contributed by atoms with Crippen molar-refractivity contribution in [2.75, 3.05) is 13.2 Å². The molecule has 27 heavy (non-hydrogen) atoms. The largest absolute Gasteiger partial charge is 0.573 e. The summed E-state index contributed by atoms with van der Waals surface area (Å²) in [5.74, 6) is 0.108. The second kappa shape index (κ2) is 8.81. The van der Waals surface area contributed by atoms with E-state index in [0.717, 1.165) is 29.8 Å². The average Bonchev–Trinajstić information content (AvgIpc) is 2.56. The molecule has 0 radical (unpaired) electrons. The van der Waals surface area contributed by atoms with Crippen molar-refractivity contribution in [3.8, 4) is 11.5 Å². The molecule has 0 saturated carbocycles. The molecule has 2 aromatic rings. The zero-order chi connectivity index (χ0) is 20.1. The molecule has 2 rings (SSSR count). The van der Waals surface area contributed by atoms with Crippen molar-refractivity contribution in [2.24, 2.45) is 0 Å². The third-order valence-corrected chi connectivity index (χ3v) is 5.09. The summed E-state index contributed by atoms with van der Waals surface area (Å²) in [5.41, 5.74) is 0.737. The summed E-state index contributed by atoms with van der Waals surface area (Å²) in [6.07, 6.45) is -4.52. The molecule has 0 aliphatic heterocycles. The van der Waals surface area contributed by atoms with Crippen LogP contribution in [0, 0.1) is 0 Å². The van der Waals surface area contributed by atoms with Gasteiger partial charge in [-0.05, 0) is 61.4 Å². The quantitative estimate of drug-likeness (QED) is 0.692. The van der Waals surface area contributed by atoms with Gasteiger partial charge in [-0.15, -0.1) is 13.2 Å². The number of sulfonamides is 1. The summed E-state index contributed by atoms with van der Waals surface area (Å²) < 4.78 is 72.5. The number of hydrogen-bond acceptors (Lipinski definition) is 4. The van der Waals surface area contributed by atoms with Gasteiger partial charge in [-0.2, -0.15) is 0 Å². The highest BCUT2D eigenvalue weighted by molar-refractivity contribution is 7.89. The van der Waals surface area contributed by atoms with Crippen LogP contribution in [-0.4, -0.2) is 27.9 Å². The highest BCUT2D eigenvalue weighted by Gasteiger charge is 2.31. The predicted octanol–water partition coefficient (Wildman–Crippen LogP) is 4.16. The van der Waals surface area contributed by atoms with Crippen LogP contribution in [0.3, 0.4) is 0 Å². The number of ether oxygens (including phenoxy) is 2. The van der Waals surface area contributed by atoms with Crippen LogP contribution in [0.5, 0.6) is 11.5 Å². The summed E-state index contributed by atoms with van der Waals surface area (Å²) in [7, 11) is -3.89. The maximum Gasteiger partial charge on any atom is 0.573 e. The molecular weight excluding hydrogens is 407 g/mol. The van der Waals surface area contributed by atoms with E-state index in [1.807, 2.05) is 6.92 Å². The Morgan fingerprint density at radius 2 is 1.78 bits per heavy atom. The van der Waals surface area contributed by atoms with E-state index < -0.39 is 22.1 Å². The number of halogens is 4. The minimum absolute atomic E-state index is 0.0591. The van der Waals surface area contributed by atoms with E-state index in [0.29, 0.717) is 23.8 Å². The van der Waals surface area contributed by atoms with Gasteiger partial charge in [0.25, 0.3) is 0 Å². The third-order valence-electron chi connectivity index (χ3n) is 3.38. The van der Waals surface area contributed by atoms with Crippen molar-refractivity contribution < 1.29 is 31.1 Å². The molecule has 0 atom stereocenters. The van der Waals surface area contributed by atoms with Gasteiger partial charge in [0, 0.05) is 11.6 Å². The molecule has 2 aromatic carbocycles. The van der Waals surface area contributed by atoms with Crippen LogP contribution in [0.25, 0.3) is 0 Å². The molecule has 0 spiro atoms. The molecule has 0 bridgehead atoms. The van der Waals surface area contributed by atoms with Crippen molar-refractivity contribution in [2.45, 2.75) is 24.6 Å². The number of benzene rings is 2. The lowest BCUT2D eigenvalue weighted by Gasteiger charge is -2.12. The SMILES string of the molecule is CCOc1ccc(Cl)cc1CCNS(=O)(=O)c1ccc(OC(F)(F)F)cc1. The fourth-order valence-corrected chi connectivity index (χ4v) is 3.49. The lowest BCUT2D eigenvalue weighted by molar-refractivity contribution is -0.274. The molecule has 5 nitrogen and oxygen atoms in total. The first kappa shape index (κ1) is 21.3. The molecule has 1 N–H and O–H groups in total. The fourth-order valence-electron chi connectivity index (χ4n) is 2.26. The second-order valence-corrected chi connectivity index (χ2v) is 7.56. The normalized spacial score (nSPS) is 12.0. The van der Waals surface area contributed by atoms with Crippen LogP contribution in [0.2, 0.25) is 5.02 Å². The van der Waals surface area contributed by atoms with Crippen molar-refractivity contribution in [3.05, 3.63) is 53.1 Å². The van der Waals surface area contributed by atoms with E-state index in [4.69, 9.17) is 16.3 Å². The fraction of sp³-hybridized carbons (Fsp3) is 0.294. The number of rotatable bonds is 8. The van der Waals surface area contributed by atoms with Gasteiger partial charge in [0.15, 0.2) is 0 Å². The van der Waals surface area contributed by atoms with E-state index in [-0.39, 0.29) is 11.4 Å². The molecule has 0 fully saturated rings. The Morgan fingerprint density at radius 3 is 2.37 bits per heavy atom. The topological polar surface area (TPSA) is 64.6 Å². The van der Waals surface area contributed by atoms with E-state index in [9.17, 15) is 21.6 Å². The minimum atomic E-state index is -4.84. The van der Waals surface area contributed by atoms with Crippen molar-refractivity contribution in [1.29, 1.82) is 0 Å². The van der Waals surface area contributed by atoms with E-state index in [2.05, 4.69) is 9.46 Å². The van der Waals surface area contributed by atoms with E-state index in [1.165, 1.54) is 0 Å². The van der Waals surface area contributed by atoms with E-state index >= 15 is 0 Å². The molecular formula is C17H17ClF3NO4S. The van der Waals surface area contributed by atoms with Crippen LogP contribution in [0.4, 0.5) is 13.2 Å². The summed E-state index contributed by atoms with van der Waals surface area (Å²) in [6, 6.07) is 9.01. The van der Waals surface area contributed by atoms with Gasteiger partial charge in [0.05, 0.1) is 11.5 Å². The Kier molecular flexibility index (Phi) is 6.96. The van der Waals surface area contributed by atoms with Gasteiger partial charge in [-0.1, -0.05) is 11.6 Å². The van der Waals surface area contributed by atoms with Crippen molar-refractivity contribution >= 4 is 21.6 Å². The molecule has 0 aromatic heterocycles. The van der Waals surface area contributed by atoms with Gasteiger partial charge >= 0.3 is 6.36 Å². The Balaban J connectivity index is 2.02. The number of hydrogen-bond donors (Lipinski definition) is 1. The molecule has 0 aliphatic rings. The Hall–Kier alpha value is -1.97. The van der Waals surface area contributed by atoms with E-state index in [1.54, 1.807) is 18.2 Å². The zero-order valence-corrected chi connectivity index (χ0v) is 15.8. The van der Waals surface area contributed by atoms with Gasteiger partial charge < -0.3 is 9.47 Å². The minimum Gasteiger partial charge on any atom is -0.494 e. The van der Waals surface area contributed by atoms with Gasteiger partial charge in [0.1, 0.15) is 11.5 Å². The zero-order valence-electron chi connectivity index (χ0n) is 14.2. The van der Waals surface area contributed by atoms with Crippen molar-refractivity contribution in [1.82, 2.24) is 4.72 Å². The van der Waals surface area contributed by atoms with Crippen LogP contribution < -0.4 is 14.2 Å². The summed E-state index contributed by atoms with van der Waals surface area (Å²) in [6.45, 7) is 2.34.